The summed E-state index contributed by atoms with van der Waals surface area (Å²) in [7, 11) is 0. The minimum Gasteiger partial charge on any atom is -0.348 e. The van der Waals surface area contributed by atoms with E-state index in [1.165, 1.54) is 10.4 Å². The monoisotopic (exact) mass is 343 g/mol. The minimum atomic E-state index is 0.288. The Morgan fingerprint density at radius 2 is 2.39 bits per heavy atom. The van der Waals surface area contributed by atoms with E-state index in [-0.39, 0.29) is 5.28 Å². The fourth-order valence-electron chi connectivity index (χ4n) is 2.34. The van der Waals surface area contributed by atoms with Crippen LogP contribution in [0.5, 0.6) is 0 Å². The average Bonchev–Trinajstić information content (AvgIpc) is 2.82. The molecule has 0 bridgehead atoms. The van der Waals surface area contributed by atoms with Gasteiger partial charge in [-0.05, 0) is 57.9 Å². The van der Waals surface area contributed by atoms with Crippen LogP contribution in [0.4, 0.5) is 5.82 Å². The van der Waals surface area contributed by atoms with Crippen LogP contribution in [0.15, 0.2) is 22.1 Å². The fourth-order valence-corrected chi connectivity index (χ4v) is 3.85. The van der Waals surface area contributed by atoms with Crippen molar-refractivity contribution < 1.29 is 0 Å². The lowest BCUT2D eigenvalue weighted by Gasteiger charge is -2.35. The van der Waals surface area contributed by atoms with Crippen molar-refractivity contribution in [2.75, 3.05) is 11.4 Å². The van der Waals surface area contributed by atoms with Gasteiger partial charge in [0, 0.05) is 17.6 Å². The maximum absolute atomic E-state index is 5.90. The molecule has 0 aromatic carbocycles. The van der Waals surface area contributed by atoms with Gasteiger partial charge in [-0.3, -0.25) is 0 Å². The molecule has 1 atom stereocenters. The van der Waals surface area contributed by atoms with Crippen LogP contribution in [0.1, 0.15) is 23.4 Å². The lowest BCUT2D eigenvalue weighted by Crippen LogP contribution is -2.34. The Bertz CT molecular complexity index is 586. The Morgan fingerprint density at radius 3 is 3.22 bits per heavy atom. The van der Waals surface area contributed by atoms with E-state index in [4.69, 9.17) is 11.6 Å². The van der Waals surface area contributed by atoms with Crippen molar-refractivity contribution in [1.29, 1.82) is 0 Å². The molecule has 1 aliphatic rings. The van der Waals surface area contributed by atoms with E-state index in [1.807, 2.05) is 11.3 Å². The van der Waals surface area contributed by atoms with Crippen LogP contribution in [0.3, 0.4) is 0 Å². The zero-order valence-electron chi connectivity index (χ0n) is 9.73. The van der Waals surface area contributed by atoms with Gasteiger partial charge in [-0.15, -0.1) is 11.3 Å². The third kappa shape index (κ3) is 2.04. The van der Waals surface area contributed by atoms with E-state index < -0.39 is 0 Å². The van der Waals surface area contributed by atoms with E-state index in [0.717, 1.165) is 23.3 Å². The summed E-state index contributed by atoms with van der Waals surface area (Å²) in [6.45, 7) is 3.16. The van der Waals surface area contributed by atoms with Crippen molar-refractivity contribution in [3.8, 4) is 0 Å². The van der Waals surface area contributed by atoms with Crippen molar-refractivity contribution in [3.05, 3.63) is 37.8 Å². The highest BCUT2D eigenvalue weighted by atomic mass is 79.9. The lowest BCUT2D eigenvalue weighted by atomic mass is 10.0. The zero-order chi connectivity index (χ0) is 12.7. The van der Waals surface area contributed by atoms with Crippen molar-refractivity contribution in [3.63, 3.8) is 0 Å². The van der Waals surface area contributed by atoms with E-state index in [1.54, 1.807) is 6.20 Å². The number of hydrogen-bond donors (Lipinski definition) is 0. The van der Waals surface area contributed by atoms with E-state index in [9.17, 15) is 0 Å². The molecular formula is C12H11BrClN3S. The van der Waals surface area contributed by atoms with Gasteiger partial charge in [-0.2, -0.15) is 4.98 Å². The van der Waals surface area contributed by atoms with Gasteiger partial charge in [0.25, 0.3) is 0 Å². The van der Waals surface area contributed by atoms with E-state index >= 15 is 0 Å². The number of hydrogen-bond acceptors (Lipinski definition) is 4. The highest BCUT2D eigenvalue weighted by Crippen LogP contribution is 2.37. The maximum atomic E-state index is 5.90. The Morgan fingerprint density at radius 1 is 1.56 bits per heavy atom. The third-order valence-electron chi connectivity index (χ3n) is 3.25. The largest absolute Gasteiger partial charge is 0.348 e. The van der Waals surface area contributed by atoms with Gasteiger partial charge in [0.1, 0.15) is 5.82 Å². The van der Waals surface area contributed by atoms with Crippen LogP contribution in [-0.2, 0) is 6.42 Å². The summed E-state index contributed by atoms with van der Waals surface area (Å²) in [5.41, 5.74) is 1.40. The van der Waals surface area contributed by atoms with Crippen LogP contribution >= 0.6 is 38.9 Å². The molecule has 0 fully saturated rings. The Balaban J connectivity index is 2.01. The summed E-state index contributed by atoms with van der Waals surface area (Å²) in [4.78, 5) is 12.1. The molecule has 0 saturated carbocycles. The molecule has 3 heterocycles. The molecule has 1 aliphatic heterocycles. The number of halogens is 2. The zero-order valence-corrected chi connectivity index (χ0v) is 12.9. The molecule has 0 N–H and O–H groups in total. The summed E-state index contributed by atoms with van der Waals surface area (Å²) < 4.78 is 0.887. The summed E-state index contributed by atoms with van der Waals surface area (Å²) in [5.74, 6) is 0.874. The summed E-state index contributed by atoms with van der Waals surface area (Å²) in [5, 5.41) is 2.45. The third-order valence-corrected chi connectivity index (χ3v) is 4.98. The number of rotatable bonds is 1. The number of anilines is 1. The molecule has 94 valence electrons. The number of nitrogens with zero attached hydrogens (tertiary/aromatic N) is 3. The van der Waals surface area contributed by atoms with Crippen LogP contribution in [0.25, 0.3) is 0 Å². The van der Waals surface area contributed by atoms with E-state index in [2.05, 4.69) is 49.2 Å². The molecule has 0 radical (unpaired) electrons. The summed E-state index contributed by atoms with van der Waals surface area (Å²) >= 11 is 11.2. The first-order valence-corrected chi connectivity index (χ1v) is 7.73. The molecular weight excluding hydrogens is 334 g/mol. The van der Waals surface area contributed by atoms with Gasteiger partial charge < -0.3 is 4.90 Å². The second-order valence-corrected chi connectivity index (χ2v) is 6.42. The first-order chi connectivity index (χ1) is 8.66. The Labute approximate surface area is 123 Å². The molecule has 2 aromatic rings. The van der Waals surface area contributed by atoms with Gasteiger partial charge >= 0.3 is 0 Å². The Hall–Kier alpha value is -0.650. The number of thiophene rings is 1. The molecule has 18 heavy (non-hydrogen) atoms. The molecule has 3 rings (SSSR count). The molecule has 1 unspecified atom stereocenters. The maximum Gasteiger partial charge on any atom is 0.224 e. The average molecular weight is 345 g/mol. The van der Waals surface area contributed by atoms with Crippen LogP contribution < -0.4 is 4.90 Å². The standard InChI is InChI=1S/C12H11BrClN3S/c1-7-8-3-5-18-10(8)2-4-17(7)11-9(13)6-15-12(14)16-11/h3,5-7H,2,4H2,1H3. The van der Waals surface area contributed by atoms with Crippen molar-refractivity contribution >= 4 is 44.7 Å². The first-order valence-electron chi connectivity index (χ1n) is 5.68. The van der Waals surface area contributed by atoms with Gasteiger partial charge in [0.2, 0.25) is 5.28 Å². The normalized spacial score (nSPS) is 18.8. The summed E-state index contributed by atoms with van der Waals surface area (Å²) in [6, 6.07) is 2.52. The fraction of sp³-hybridized carbons (Fsp3) is 0.333. The highest BCUT2D eigenvalue weighted by molar-refractivity contribution is 9.10. The van der Waals surface area contributed by atoms with Crippen molar-refractivity contribution in [2.45, 2.75) is 19.4 Å². The SMILES string of the molecule is CC1c2ccsc2CCN1c1nc(Cl)ncc1Br. The number of fused-ring (bicyclic) bond motifs is 1. The van der Waals surface area contributed by atoms with Gasteiger partial charge in [-0.25, -0.2) is 4.98 Å². The quantitative estimate of drug-likeness (QED) is 0.730. The molecule has 0 amide bonds. The van der Waals surface area contributed by atoms with Gasteiger partial charge in [0.05, 0.1) is 10.5 Å². The molecule has 6 heteroatoms. The number of aromatic nitrogens is 2. The first kappa shape index (κ1) is 12.4. The Kier molecular flexibility index (Phi) is 3.30. The second kappa shape index (κ2) is 4.79. The predicted octanol–water partition coefficient (Wildman–Crippen LogP) is 4.08. The molecule has 0 aliphatic carbocycles. The lowest BCUT2D eigenvalue weighted by molar-refractivity contribution is 0.622. The smallest absolute Gasteiger partial charge is 0.224 e. The van der Waals surface area contributed by atoms with Crippen LogP contribution in [-0.4, -0.2) is 16.5 Å². The van der Waals surface area contributed by atoms with Crippen molar-refractivity contribution in [2.24, 2.45) is 0 Å². The van der Waals surface area contributed by atoms with E-state index in [0.29, 0.717) is 6.04 Å². The molecule has 3 nitrogen and oxygen atoms in total. The second-order valence-electron chi connectivity index (χ2n) is 4.23. The molecule has 2 aromatic heterocycles. The van der Waals surface area contributed by atoms with Crippen LogP contribution in [0, 0.1) is 0 Å². The van der Waals surface area contributed by atoms with Crippen LogP contribution in [0.2, 0.25) is 5.28 Å². The molecule has 0 saturated heterocycles. The highest BCUT2D eigenvalue weighted by Gasteiger charge is 2.27. The predicted molar refractivity (Wildman–Crippen MR) is 78.5 cm³/mol. The minimum absolute atomic E-state index is 0.288. The van der Waals surface area contributed by atoms with Gasteiger partial charge in [-0.1, -0.05) is 0 Å². The molecule has 0 spiro atoms. The topological polar surface area (TPSA) is 29.0 Å². The summed E-state index contributed by atoms with van der Waals surface area (Å²) in [6.07, 6.45) is 2.77. The van der Waals surface area contributed by atoms with Gasteiger partial charge in [0.15, 0.2) is 0 Å². The van der Waals surface area contributed by atoms with Crippen molar-refractivity contribution in [1.82, 2.24) is 9.97 Å².